The number of halogens is 1. The maximum Gasteiger partial charge on any atom is 0.170 e. The summed E-state index contributed by atoms with van der Waals surface area (Å²) in [6.45, 7) is 9.30. The zero-order valence-electron chi connectivity index (χ0n) is 15.5. The van der Waals surface area contributed by atoms with Crippen LogP contribution in [0.15, 0.2) is 36.9 Å². The van der Waals surface area contributed by atoms with Crippen LogP contribution in [0.4, 0.5) is 5.69 Å². The molecule has 0 aromatic heterocycles. The van der Waals surface area contributed by atoms with Crippen LogP contribution in [0.5, 0.6) is 0 Å². The highest BCUT2D eigenvalue weighted by atomic mass is 35.5. The van der Waals surface area contributed by atoms with Gasteiger partial charge in [0.2, 0.25) is 0 Å². The number of nitrogens with one attached hydrogen (secondary N) is 2. The lowest BCUT2D eigenvalue weighted by atomic mass is 9.75. The molecule has 4 nitrogen and oxygen atoms in total. The Labute approximate surface area is 167 Å². The molecular weight excluding hydrogens is 364 g/mol. The van der Waals surface area contributed by atoms with E-state index in [-0.39, 0.29) is 0 Å². The Morgan fingerprint density at radius 3 is 3.04 bits per heavy atom. The lowest BCUT2D eigenvalue weighted by Crippen LogP contribution is -2.58. The van der Waals surface area contributed by atoms with E-state index < -0.39 is 0 Å². The molecule has 4 rings (SSSR count). The fourth-order valence-electron chi connectivity index (χ4n) is 4.32. The summed E-state index contributed by atoms with van der Waals surface area (Å²) in [4.78, 5) is 5.03. The average molecular weight is 393 g/mol. The van der Waals surface area contributed by atoms with Crippen molar-refractivity contribution in [2.24, 2.45) is 11.8 Å². The van der Waals surface area contributed by atoms with Crippen molar-refractivity contribution >= 4 is 34.6 Å². The number of likely N-dealkylation sites (N-methyl/N-ethyl adjacent to an activating group) is 1. The standard InChI is InChI=1S/C20H29ClN4S/c1-3-8-24(2)13-16-14-25-9-7-15(16)10-19(25)12-22-20(26)23-18-6-4-5-17(21)11-18/h3-6,11,15-16,19H,1,7-10,12-14H2,2H3,(H2,22,23,26)/t15-,16-,19+/m0/s1. The van der Waals surface area contributed by atoms with Gasteiger partial charge in [0.05, 0.1) is 0 Å². The maximum absolute atomic E-state index is 6.02. The number of hydrogen-bond donors (Lipinski definition) is 2. The maximum atomic E-state index is 6.02. The minimum atomic E-state index is 0.578. The molecule has 3 fully saturated rings. The third kappa shape index (κ3) is 5.19. The third-order valence-electron chi connectivity index (χ3n) is 5.58. The molecule has 2 N–H and O–H groups in total. The second-order valence-corrected chi connectivity index (χ2v) is 8.39. The average Bonchev–Trinajstić information content (AvgIpc) is 2.61. The summed E-state index contributed by atoms with van der Waals surface area (Å²) in [5.41, 5.74) is 0.922. The number of nitrogens with zero attached hydrogens (tertiary/aromatic N) is 2. The van der Waals surface area contributed by atoms with E-state index in [4.69, 9.17) is 23.8 Å². The largest absolute Gasteiger partial charge is 0.361 e. The molecule has 1 unspecified atom stereocenters. The third-order valence-corrected chi connectivity index (χ3v) is 6.06. The van der Waals surface area contributed by atoms with Crippen LogP contribution in [0.25, 0.3) is 0 Å². The van der Waals surface area contributed by atoms with Gasteiger partial charge < -0.3 is 15.5 Å². The second-order valence-electron chi connectivity index (χ2n) is 7.55. The number of anilines is 1. The Morgan fingerprint density at radius 2 is 2.35 bits per heavy atom. The van der Waals surface area contributed by atoms with Crippen LogP contribution in [0.1, 0.15) is 12.8 Å². The fourth-order valence-corrected chi connectivity index (χ4v) is 4.71. The molecule has 3 heterocycles. The topological polar surface area (TPSA) is 30.5 Å². The van der Waals surface area contributed by atoms with E-state index in [1.807, 2.05) is 30.3 Å². The van der Waals surface area contributed by atoms with Gasteiger partial charge in [-0.1, -0.05) is 23.7 Å². The minimum absolute atomic E-state index is 0.578. The number of rotatable bonds is 7. The van der Waals surface area contributed by atoms with Crippen LogP contribution in [0.3, 0.4) is 0 Å². The smallest absolute Gasteiger partial charge is 0.170 e. The number of piperidine rings is 3. The van der Waals surface area contributed by atoms with E-state index in [2.05, 4.69) is 34.1 Å². The summed E-state index contributed by atoms with van der Waals surface area (Å²) in [5, 5.41) is 7.98. The van der Waals surface area contributed by atoms with Crippen molar-refractivity contribution in [3.05, 3.63) is 41.9 Å². The zero-order valence-corrected chi connectivity index (χ0v) is 17.0. The normalized spacial score (nSPS) is 27.3. The van der Waals surface area contributed by atoms with Crippen molar-refractivity contribution in [2.45, 2.75) is 18.9 Å². The highest BCUT2D eigenvalue weighted by molar-refractivity contribution is 7.80. The molecule has 0 amide bonds. The van der Waals surface area contributed by atoms with E-state index in [0.717, 1.165) is 30.6 Å². The van der Waals surface area contributed by atoms with Crippen molar-refractivity contribution in [1.82, 2.24) is 15.1 Å². The molecule has 3 aliphatic rings. The van der Waals surface area contributed by atoms with Crippen LogP contribution < -0.4 is 10.6 Å². The van der Waals surface area contributed by atoms with Crippen molar-refractivity contribution < 1.29 is 0 Å². The number of benzene rings is 1. The number of fused-ring (bicyclic) bond motifs is 3. The summed E-state index contributed by atoms with van der Waals surface area (Å²) in [7, 11) is 2.19. The summed E-state index contributed by atoms with van der Waals surface area (Å²) >= 11 is 11.5. The molecule has 0 radical (unpaired) electrons. The molecule has 1 aromatic rings. The number of thiocarbonyl (C=S) groups is 1. The summed E-state index contributed by atoms with van der Waals surface area (Å²) in [6, 6.07) is 8.21. The van der Waals surface area contributed by atoms with E-state index in [1.54, 1.807) is 0 Å². The van der Waals surface area contributed by atoms with E-state index in [0.29, 0.717) is 16.2 Å². The Kier molecular flexibility index (Phi) is 6.92. The van der Waals surface area contributed by atoms with Gasteiger partial charge in [0, 0.05) is 42.9 Å². The van der Waals surface area contributed by atoms with Gasteiger partial charge in [-0.05, 0) is 68.7 Å². The van der Waals surface area contributed by atoms with Crippen LogP contribution in [-0.2, 0) is 0 Å². The molecule has 3 saturated heterocycles. The quantitative estimate of drug-likeness (QED) is 0.548. The van der Waals surface area contributed by atoms with Crippen LogP contribution in [-0.4, -0.2) is 60.7 Å². The van der Waals surface area contributed by atoms with Gasteiger partial charge in [0.25, 0.3) is 0 Å². The summed E-state index contributed by atoms with van der Waals surface area (Å²) in [6.07, 6.45) is 4.58. The molecule has 2 bridgehead atoms. The first-order chi connectivity index (χ1) is 12.5. The van der Waals surface area contributed by atoms with Crippen LogP contribution >= 0.6 is 23.8 Å². The van der Waals surface area contributed by atoms with E-state index >= 15 is 0 Å². The first kappa shape index (κ1) is 19.6. The van der Waals surface area contributed by atoms with Gasteiger partial charge in [0.1, 0.15) is 0 Å². The highest BCUT2D eigenvalue weighted by Gasteiger charge is 2.39. The lowest BCUT2D eigenvalue weighted by molar-refractivity contribution is -0.00663. The van der Waals surface area contributed by atoms with Gasteiger partial charge in [-0.2, -0.15) is 0 Å². The molecule has 26 heavy (non-hydrogen) atoms. The molecule has 1 aromatic carbocycles. The Morgan fingerprint density at radius 1 is 1.50 bits per heavy atom. The van der Waals surface area contributed by atoms with Gasteiger partial charge in [-0.25, -0.2) is 0 Å². The molecule has 4 atom stereocenters. The summed E-state index contributed by atoms with van der Waals surface area (Å²) in [5.74, 6) is 1.61. The monoisotopic (exact) mass is 392 g/mol. The first-order valence-electron chi connectivity index (χ1n) is 9.39. The summed E-state index contributed by atoms with van der Waals surface area (Å²) < 4.78 is 0. The molecule has 0 saturated carbocycles. The molecule has 3 aliphatic heterocycles. The van der Waals surface area contributed by atoms with Crippen molar-refractivity contribution in [3.8, 4) is 0 Å². The number of hydrogen-bond acceptors (Lipinski definition) is 3. The molecule has 142 valence electrons. The van der Waals surface area contributed by atoms with Crippen molar-refractivity contribution in [3.63, 3.8) is 0 Å². The fraction of sp³-hybridized carbons (Fsp3) is 0.550. The Balaban J connectivity index is 1.45. The van der Waals surface area contributed by atoms with E-state index in [9.17, 15) is 0 Å². The van der Waals surface area contributed by atoms with Gasteiger partial charge in [0.15, 0.2) is 5.11 Å². The zero-order chi connectivity index (χ0) is 18.5. The van der Waals surface area contributed by atoms with Crippen molar-refractivity contribution in [1.29, 1.82) is 0 Å². The van der Waals surface area contributed by atoms with Crippen molar-refractivity contribution in [2.75, 3.05) is 45.1 Å². The van der Waals surface area contributed by atoms with Gasteiger partial charge in [-0.15, -0.1) is 6.58 Å². The highest BCUT2D eigenvalue weighted by Crippen LogP contribution is 2.36. The SMILES string of the molecule is C=CCN(C)C[C@H]1CN2CC[C@H]1C[C@@H]2CNC(=S)Nc1cccc(Cl)c1. The predicted octanol–water partition coefficient (Wildman–Crippen LogP) is 3.45. The van der Waals surface area contributed by atoms with Gasteiger partial charge in [-0.3, -0.25) is 4.90 Å². The van der Waals surface area contributed by atoms with Gasteiger partial charge >= 0.3 is 0 Å². The molecule has 0 aliphatic carbocycles. The van der Waals surface area contributed by atoms with Crippen LogP contribution in [0, 0.1) is 11.8 Å². The lowest BCUT2D eigenvalue weighted by Gasteiger charge is -2.50. The van der Waals surface area contributed by atoms with Crippen LogP contribution in [0.2, 0.25) is 5.02 Å². The second kappa shape index (κ2) is 9.18. The Hall–Kier alpha value is -1.14. The minimum Gasteiger partial charge on any atom is -0.361 e. The Bertz CT molecular complexity index is 638. The molecule has 0 spiro atoms. The van der Waals surface area contributed by atoms with E-state index in [1.165, 1.54) is 32.5 Å². The predicted molar refractivity (Wildman–Crippen MR) is 115 cm³/mol. The first-order valence-corrected chi connectivity index (χ1v) is 10.2. The molecule has 6 heteroatoms. The molecular formula is C20H29ClN4S.